The van der Waals surface area contributed by atoms with E-state index in [1.807, 2.05) is 17.7 Å². The molecule has 2 N–H and O–H groups in total. The Kier molecular flexibility index (Phi) is 6.39. The zero-order valence-corrected chi connectivity index (χ0v) is 18.0. The second-order valence-corrected chi connectivity index (χ2v) is 9.75. The maximum Gasteiger partial charge on any atom is 0.133 e. The first-order valence-electron chi connectivity index (χ1n) is 10.2. The standard InChI is InChI=1S/C23H37N3O/c1-8-25-26-20(17(3)24)11-12-21(26)23(7)14-18(13-16(23)2)9-10-19(27)15-22(4,5)6/h8,11-12,16,18H,3,9-10,13-15,24H2,1-2,4-7H3/b25-8-/t16-,18?,23-/m1/s1. The zero-order valence-electron chi connectivity index (χ0n) is 18.0. The summed E-state index contributed by atoms with van der Waals surface area (Å²) in [7, 11) is 0. The number of aromatic nitrogens is 1. The van der Waals surface area contributed by atoms with Gasteiger partial charge in [0.1, 0.15) is 5.78 Å². The number of ketones is 1. The largest absolute Gasteiger partial charge is 0.397 e. The van der Waals surface area contributed by atoms with Crippen LogP contribution in [0.25, 0.3) is 5.70 Å². The molecule has 1 aromatic heterocycles. The SMILES string of the molecule is C=C(N)c1ccc([C@]2(C)CC(CCC(=O)CC(C)(C)C)C[C@H]2C)n1/N=C\C. The summed E-state index contributed by atoms with van der Waals surface area (Å²) in [6.45, 7) is 16.8. The number of nitrogens with two attached hydrogens (primary N) is 1. The quantitative estimate of drug-likeness (QED) is 0.656. The van der Waals surface area contributed by atoms with Crippen LogP contribution in [0.5, 0.6) is 0 Å². The highest BCUT2D eigenvalue weighted by atomic mass is 16.1. The summed E-state index contributed by atoms with van der Waals surface area (Å²) < 4.78 is 1.95. The number of rotatable bonds is 7. The van der Waals surface area contributed by atoms with Gasteiger partial charge < -0.3 is 5.73 Å². The van der Waals surface area contributed by atoms with E-state index in [4.69, 9.17) is 5.73 Å². The number of hydrogen-bond donors (Lipinski definition) is 1. The first-order valence-corrected chi connectivity index (χ1v) is 10.2. The van der Waals surface area contributed by atoms with E-state index in [0.717, 1.165) is 25.0 Å². The highest BCUT2D eigenvalue weighted by Crippen LogP contribution is 2.50. The Balaban J connectivity index is 2.15. The van der Waals surface area contributed by atoms with E-state index >= 15 is 0 Å². The molecule has 0 spiro atoms. The number of hydrogen-bond acceptors (Lipinski definition) is 3. The van der Waals surface area contributed by atoms with Crippen LogP contribution in [-0.4, -0.2) is 16.7 Å². The van der Waals surface area contributed by atoms with Crippen molar-refractivity contribution in [2.24, 2.45) is 28.1 Å². The lowest BCUT2D eigenvalue weighted by molar-refractivity contribution is -0.121. The van der Waals surface area contributed by atoms with Crippen LogP contribution < -0.4 is 5.73 Å². The van der Waals surface area contributed by atoms with Crippen LogP contribution in [0.1, 0.15) is 85.0 Å². The molecule has 150 valence electrons. The average Bonchev–Trinajstić information content (AvgIpc) is 3.07. The van der Waals surface area contributed by atoms with E-state index < -0.39 is 0 Å². The lowest BCUT2D eigenvalue weighted by atomic mass is 9.77. The van der Waals surface area contributed by atoms with Gasteiger partial charge in [0.2, 0.25) is 0 Å². The minimum Gasteiger partial charge on any atom is -0.397 e. The van der Waals surface area contributed by atoms with E-state index in [2.05, 4.69) is 52.4 Å². The molecular formula is C23H37N3O. The maximum absolute atomic E-state index is 12.3. The van der Waals surface area contributed by atoms with Gasteiger partial charge in [-0.25, -0.2) is 4.68 Å². The molecule has 1 aliphatic rings. The second-order valence-electron chi connectivity index (χ2n) is 9.75. The van der Waals surface area contributed by atoms with Gasteiger partial charge >= 0.3 is 0 Å². The molecule has 1 heterocycles. The lowest BCUT2D eigenvalue weighted by Crippen LogP contribution is -2.28. The Bertz CT molecular complexity index is 722. The van der Waals surface area contributed by atoms with Gasteiger partial charge in [-0.15, -0.1) is 0 Å². The van der Waals surface area contributed by atoms with Gasteiger partial charge in [-0.3, -0.25) is 4.79 Å². The van der Waals surface area contributed by atoms with Crippen LogP contribution in [0.4, 0.5) is 0 Å². The Hall–Kier alpha value is -1.84. The Morgan fingerprint density at radius 1 is 1.44 bits per heavy atom. The highest BCUT2D eigenvalue weighted by molar-refractivity contribution is 5.78. The van der Waals surface area contributed by atoms with Crippen LogP contribution in [0.2, 0.25) is 0 Å². The molecule has 4 heteroatoms. The van der Waals surface area contributed by atoms with Gasteiger partial charge in [0.25, 0.3) is 0 Å². The first kappa shape index (κ1) is 21.5. The number of Topliss-reactive ketones (excluding diaryl/α,β-unsaturated/α-hetero) is 1. The first-order chi connectivity index (χ1) is 12.5. The maximum atomic E-state index is 12.3. The number of nitrogens with zero attached hydrogens (tertiary/aromatic N) is 2. The predicted molar refractivity (Wildman–Crippen MR) is 115 cm³/mol. The molecule has 1 saturated carbocycles. The van der Waals surface area contributed by atoms with Crippen LogP contribution in [0.15, 0.2) is 23.8 Å². The summed E-state index contributed by atoms with van der Waals surface area (Å²) >= 11 is 0. The van der Waals surface area contributed by atoms with E-state index in [9.17, 15) is 4.79 Å². The molecule has 2 rings (SSSR count). The molecule has 1 aromatic rings. The molecule has 0 saturated heterocycles. The van der Waals surface area contributed by atoms with Gasteiger partial charge in [-0.1, -0.05) is 41.2 Å². The van der Waals surface area contributed by atoms with Crippen molar-refractivity contribution >= 4 is 17.7 Å². The molecule has 27 heavy (non-hydrogen) atoms. The van der Waals surface area contributed by atoms with Crippen LogP contribution >= 0.6 is 0 Å². The topological polar surface area (TPSA) is 60.4 Å². The normalized spacial score (nSPS) is 26.0. The van der Waals surface area contributed by atoms with E-state index in [0.29, 0.717) is 36.2 Å². The van der Waals surface area contributed by atoms with Gasteiger partial charge in [-0.05, 0) is 55.6 Å². The van der Waals surface area contributed by atoms with Gasteiger partial charge in [0, 0.05) is 30.2 Å². The van der Waals surface area contributed by atoms with Gasteiger partial charge in [-0.2, -0.15) is 5.10 Å². The van der Waals surface area contributed by atoms with Crippen molar-refractivity contribution in [2.75, 3.05) is 0 Å². The van der Waals surface area contributed by atoms with Gasteiger partial charge in [0.15, 0.2) is 0 Å². The van der Waals surface area contributed by atoms with E-state index in [-0.39, 0.29) is 10.8 Å². The summed E-state index contributed by atoms with van der Waals surface area (Å²) in [5, 5.41) is 4.55. The third kappa shape index (κ3) is 4.91. The lowest BCUT2D eigenvalue weighted by Gasteiger charge is -2.30. The highest BCUT2D eigenvalue weighted by Gasteiger charge is 2.44. The summed E-state index contributed by atoms with van der Waals surface area (Å²) in [5.41, 5.74) is 8.66. The number of carbonyl (C=O) groups is 1. The summed E-state index contributed by atoms with van der Waals surface area (Å²) in [5.74, 6) is 1.50. The molecule has 0 radical (unpaired) electrons. The minimum absolute atomic E-state index is 0.0257. The monoisotopic (exact) mass is 371 g/mol. The smallest absolute Gasteiger partial charge is 0.133 e. The molecule has 3 atom stereocenters. The van der Waals surface area contributed by atoms with Crippen LogP contribution in [0, 0.1) is 17.3 Å². The van der Waals surface area contributed by atoms with Crippen molar-refractivity contribution in [3.8, 4) is 0 Å². The fourth-order valence-corrected chi connectivity index (χ4v) is 4.61. The summed E-state index contributed by atoms with van der Waals surface area (Å²) in [6, 6.07) is 4.16. The van der Waals surface area contributed by atoms with Crippen molar-refractivity contribution < 1.29 is 4.79 Å². The van der Waals surface area contributed by atoms with Crippen LogP contribution in [-0.2, 0) is 10.2 Å². The van der Waals surface area contributed by atoms with E-state index in [1.54, 1.807) is 6.21 Å². The Morgan fingerprint density at radius 2 is 2.11 bits per heavy atom. The molecule has 4 nitrogen and oxygen atoms in total. The van der Waals surface area contributed by atoms with Crippen molar-refractivity contribution in [3.05, 3.63) is 30.1 Å². The van der Waals surface area contributed by atoms with Crippen molar-refractivity contribution in [1.82, 2.24) is 4.68 Å². The van der Waals surface area contributed by atoms with Gasteiger partial charge in [0.05, 0.1) is 11.4 Å². The minimum atomic E-state index is 0.0257. The molecular weight excluding hydrogens is 334 g/mol. The molecule has 0 amide bonds. The van der Waals surface area contributed by atoms with Crippen molar-refractivity contribution in [3.63, 3.8) is 0 Å². The third-order valence-corrected chi connectivity index (χ3v) is 6.05. The third-order valence-electron chi connectivity index (χ3n) is 6.05. The predicted octanol–water partition coefficient (Wildman–Crippen LogP) is 5.36. The second kappa shape index (κ2) is 8.04. The molecule has 1 fully saturated rings. The fraction of sp³-hybridized carbons (Fsp3) is 0.652. The van der Waals surface area contributed by atoms with Crippen LogP contribution in [0.3, 0.4) is 0 Å². The fourth-order valence-electron chi connectivity index (χ4n) is 4.61. The van der Waals surface area contributed by atoms with E-state index in [1.165, 1.54) is 5.69 Å². The summed E-state index contributed by atoms with van der Waals surface area (Å²) in [4.78, 5) is 12.3. The molecule has 0 aliphatic heterocycles. The van der Waals surface area contributed by atoms with Crippen molar-refractivity contribution in [1.29, 1.82) is 0 Å². The Labute approximate surface area is 164 Å². The molecule has 1 aliphatic carbocycles. The number of carbonyl (C=O) groups excluding carboxylic acids is 1. The average molecular weight is 372 g/mol. The molecule has 0 bridgehead atoms. The van der Waals surface area contributed by atoms with Crippen molar-refractivity contribution in [2.45, 2.75) is 79.1 Å². The molecule has 1 unspecified atom stereocenters. The summed E-state index contributed by atoms with van der Waals surface area (Å²) in [6.07, 6.45) is 6.38. The molecule has 0 aromatic carbocycles. The zero-order chi connectivity index (χ0) is 20.4. The Morgan fingerprint density at radius 3 is 2.67 bits per heavy atom.